The Balaban J connectivity index is 1.77. The van der Waals surface area contributed by atoms with Crippen molar-refractivity contribution >= 4 is 23.0 Å². The standard InChI is InChI=1S/C28H29NO4S/c1-16-14-28(2,3)29-20-10-9-19-24-22(12-11-21(30)27(24)31-4)33-26(25(19)23(16)20)17-7-6-8-18(13-17)32-15-34-5/h6-14,26,29-30H,15H2,1-5H3. The third-order valence-electron chi connectivity index (χ3n) is 6.26. The first-order chi connectivity index (χ1) is 16.3. The molecule has 1 unspecified atom stereocenters. The molecule has 0 aromatic heterocycles. The number of thioether (sulfide) groups is 1. The van der Waals surface area contributed by atoms with Gasteiger partial charge in [-0.1, -0.05) is 24.3 Å². The molecule has 2 N–H and O–H groups in total. The summed E-state index contributed by atoms with van der Waals surface area (Å²) in [7, 11) is 1.57. The number of hydrogen-bond acceptors (Lipinski definition) is 6. The van der Waals surface area contributed by atoms with Gasteiger partial charge in [0.2, 0.25) is 0 Å². The Bertz CT molecular complexity index is 1300. The molecule has 1 atom stereocenters. The van der Waals surface area contributed by atoms with E-state index in [1.54, 1.807) is 31.0 Å². The third-order valence-corrected chi connectivity index (χ3v) is 6.61. The maximum Gasteiger partial charge on any atom is 0.172 e. The molecule has 5 rings (SSSR count). The topological polar surface area (TPSA) is 60.0 Å². The Hall–Kier alpha value is -3.25. The lowest BCUT2D eigenvalue weighted by Crippen LogP contribution is -2.32. The molecular weight excluding hydrogens is 446 g/mol. The average Bonchev–Trinajstić information content (AvgIpc) is 2.81. The van der Waals surface area contributed by atoms with Crippen molar-refractivity contribution in [1.29, 1.82) is 0 Å². The first-order valence-electron chi connectivity index (χ1n) is 11.3. The van der Waals surface area contributed by atoms with Gasteiger partial charge >= 0.3 is 0 Å². The van der Waals surface area contributed by atoms with Crippen molar-refractivity contribution in [3.63, 3.8) is 0 Å². The van der Waals surface area contributed by atoms with Crippen LogP contribution in [0.3, 0.4) is 0 Å². The number of ether oxygens (including phenoxy) is 3. The molecule has 3 aromatic rings. The zero-order valence-corrected chi connectivity index (χ0v) is 20.9. The molecule has 2 heterocycles. The van der Waals surface area contributed by atoms with Crippen molar-refractivity contribution in [2.24, 2.45) is 0 Å². The Morgan fingerprint density at radius 2 is 1.94 bits per heavy atom. The number of fused-ring (bicyclic) bond motifs is 5. The molecule has 0 saturated carbocycles. The predicted molar refractivity (Wildman–Crippen MR) is 139 cm³/mol. The summed E-state index contributed by atoms with van der Waals surface area (Å²) in [6, 6.07) is 15.7. The number of anilines is 1. The van der Waals surface area contributed by atoms with Gasteiger partial charge < -0.3 is 24.6 Å². The Morgan fingerprint density at radius 1 is 1.12 bits per heavy atom. The van der Waals surface area contributed by atoms with Crippen molar-refractivity contribution in [3.8, 4) is 34.1 Å². The molecule has 176 valence electrons. The van der Waals surface area contributed by atoms with Crippen LogP contribution in [0, 0.1) is 0 Å². The maximum atomic E-state index is 10.5. The van der Waals surface area contributed by atoms with Crippen LogP contribution in [-0.2, 0) is 0 Å². The van der Waals surface area contributed by atoms with E-state index in [1.807, 2.05) is 24.5 Å². The van der Waals surface area contributed by atoms with Gasteiger partial charge in [-0.15, -0.1) is 11.8 Å². The molecular formula is C28H29NO4S. The second kappa shape index (κ2) is 8.51. The summed E-state index contributed by atoms with van der Waals surface area (Å²) in [6.07, 6.45) is 3.91. The molecule has 2 aliphatic heterocycles. The van der Waals surface area contributed by atoms with Crippen molar-refractivity contribution < 1.29 is 19.3 Å². The Morgan fingerprint density at radius 3 is 2.71 bits per heavy atom. The summed E-state index contributed by atoms with van der Waals surface area (Å²) in [5.41, 5.74) is 7.02. The van der Waals surface area contributed by atoms with E-state index >= 15 is 0 Å². The zero-order chi connectivity index (χ0) is 24.0. The number of benzene rings is 3. The van der Waals surface area contributed by atoms with Gasteiger partial charge in [0.15, 0.2) is 17.6 Å². The molecule has 0 fully saturated rings. The number of phenols is 1. The van der Waals surface area contributed by atoms with Gasteiger partial charge in [-0.2, -0.15) is 0 Å². The number of nitrogens with one attached hydrogen (secondary N) is 1. The van der Waals surface area contributed by atoms with Gasteiger partial charge in [0.1, 0.15) is 17.4 Å². The van der Waals surface area contributed by atoms with Crippen LogP contribution in [0.15, 0.2) is 54.6 Å². The molecule has 5 nitrogen and oxygen atoms in total. The number of aromatic hydroxyl groups is 1. The molecule has 0 bridgehead atoms. The number of hydrogen-bond donors (Lipinski definition) is 2. The summed E-state index contributed by atoms with van der Waals surface area (Å²) in [6.45, 7) is 6.47. The fourth-order valence-electron chi connectivity index (χ4n) is 5.06. The van der Waals surface area contributed by atoms with Crippen LogP contribution in [0.1, 0.15) is 43.6 Å². The molecule has 0 amide bonds. The molecule has 3 aromatic carbocycles. The van der Waals surface area contributed by atoms with Gasteiger partial charge in [0.25, 0.3) is 0 Å². The van der Waals surface area contributed by atoms with E-state index in [-0.39, 0.29) is 17.4 Å². The summed E-state index contributed by atoms with van der Waals surface area (Å²) >= 11 is 1.63. The van der Waals surface area contributed by atoms with Crippen LogP contribution in [0.5, 0.6) is 23.0 Å². The number of phenolic OH excluding ortho intramolecular Hbond substituents is 1. The number of allylic oxidation sites excluding steroid dienone is 1. The lowest BCUT2D eigenvalue weighted by Gasteiger charge is -2.37. The van der Waals surface area contributed by atoms with Gasteiger partial charge in [-0.3, -0.25) is 0 Å². The predicted octanol–water partition coefficient (Wildman–Crippen LogP) is 6.86. The molecule has 0 radical (unpaired) electrons. The van der Waals surface area contributed by atoms with Crippen LogP contribution in [0.4, 0.5) is 5.69 Å². The van der Waals surface area contributed by atoms with E-state index in [4.69, 9.17) is 14.2 Å². The normalized spacial score (nSPS) is 17.3. The SMILES string of the molecule is COc1c(O)ccc2c1-c1ccc3c(c1C(c1cccc(OCSC)c1)O2)C(C)=CC(C)(C)N3. The molecule has 0 aliphatic carbocycles. The van der Waals surface area contributed by atoms with E-state index < -0.39 is 0 Å². The Kier molecular flexibility index (Phi) is 5.64. The highest BCUT2D eigenvalue weighted by Gasteiger charge is 2.36. The lowest BCUT2D eigenvalue weighted by molar-refractivity contribution is 0.240. The fraction of sp³-hybridized carbons (Fsp3) is 0.286. The van der Waals surface area contributed by atoms with Crippen LogP contribution in [-0.4, -0.2) is 29.9 Å². The highest BCUT2D eigenvalue weighted by Crippen LogP contribution is 2.55. The van der Waals surface area contributed by atoms with Gasteiger partial charge in [-0.05, 0) is 68.5 Å². The minimum atomic E-state index is -0.351. The van der Waals surface area contributed by atoms with E-state index in [2.05, 4.69) is 50.4 Å². The van der Waals surface area contributed by atoms with E-state index in [0.29, 0.717) is 17.4 Å². The number of rotatable bonds is 5. The summed E-state index contributed by atoms with van der Waals surface area (Å²) in [4.78, 5) is 0. The summed E-state index contributed by atoms with van der Waals surface area (Å²) in [5.74, 6) is 2.57. The summed E-state index contributed by atoms with van der Waals surface area (Å²) < 4.78 is 18.2. The average molecular weight is 476 g/mol. The highest BCUT2D eigenvalue weighted by atomic mass is 32.2. The lowest BCUT2D eigenvalue weighted by atomic mass is 9.80. The van der Waals surface area contributed by atoms with Gasteiger partial charge in [0.05, 0.1) is 18.2 Å². The minimum absolute atomic E-state index is 0.0888. The highest BCUT2D eigenvalue weighted by molar-refractivity contribution is 7.98. The van der Waals surface area contributed by atoms with Crippen molar-refractivity contribution in [2.45, 2.75) is 32.4 Å². The fourth-order valence-corrected chi connectivity index (χ4v) is 5.32. The quantitative estimate of drug-likeness (QED) is 0.393. The van der Waals surface area contributed by atoms with Gasteiger partial charge in [0, 0.05) is 22.4 Å². The third kappa shape index (κ3) is 3.76. The van der Waals surface area contributed by atoms with Crippen LogP contribution in [0.2, 0.25) is 0 Å². The van der Waals surface area contributed by atoms with Crippen molar-refractivity contribution in [1.82, 2.24) is 0 Å². The van der Waals surface area contributed by atoms with Crippen molar-refractivity contribution in [3.05, 3.63) is 71.3 Å². The first-order valence-corrected chi connectivity index (χ1v) is 12.7. The Labute approximate surface area is 204 Å². The zero-order valence-electron chi connectivity index (χ0n) is 20.1. The van der Waals surface area contributed by atoms with Crippen LogP contribution < -0.4 is 19.5 Å². The molecule has 0 saturated heterocycles. The van der Waals surface area contributed by atoms with Gasteiger partial charge in [-0.25, -0.2) is 0 Å². The minimum Gasteiger partial charge on any atom is -0.504 e. The molecule has 2 aliphatic rings. The first kappa shape index (κ1) is 22.5. The molecule has 6 heteroatoms. The monoisotopic (exact) mass is 475 g/mol. The van der Waals surface area contributed by atoms with Crippen LogP contribution in [0.25, 0.3) is 16.7 Å². The molecule has 0 spiro atoms. The van der Waals surface area contributed by atoms with E-state index in [1.165, 1.54) is 5.57 Å². The van der Waals surface area contributed by atoms with Crippen LogP contribution >= 0.6 is 11.8 Å². The van der Waals surface area contributed by atoms with Crippen molar-refractivity contribution in [2.75, 3.05) is 24.6 Å². The van der Waals surface area contributed by atoms with E-state index in [0.717, 1.165) is 39.3 Å². The summed E-state index contributed by atoms with van der Waals surface area (Å²) in [5, 5.41) is 14.2. The second-order valence-corrected chi connectivity index (χ2v) is 10.0. The smallest absolute Gasteiger partial charge is 0.172 e. The molecule has 34 heavy (non-hydrogen) atoms. The van der Waals surface area contributed by atoms with E-state index in [9.17, 15) is 5.11 Å². The number of methoxy groups -OCH3 is 1. The maximum absolute atomic E-state index is 10.5. The second-order valence-electron chi connectivity index (χ2n) is 9.24. The largest absolute Gasteiger partial charge is 0.504 e.